The summed E-state index contributed by atoms with van der Waals surface area (Å²) in [4.78, 5) is 0. The van der Waals surface area contributed by atoms with Crippen LogP contribution in [0.1, 0.15) is 32.0 Å². The van der Waals surface area contributed by atoms with Crippen molar-refractivity contribution in [3.05, 3.63) is 29.6 Å². The van der Waals surface area contributed by atoms with Crippen LogP contribution in [0.15, 0.2) is 18.3 Å². The van der Waals surface area contributed by atoms with Gasteiger partial charge in [-0.15, -0.1) is 0 Å². The Hall–Kier alpha value is -0.980. The van der Waals surface area contributed by atoms with Crippen molar-refractivity contribution in [2.24, 2.45) is 0 Å². The van der Waals surface area contributed by atoms with Gasteiger partial charge in [0, 0.05) is 18.4 Å². The van der Waals surface area contributed by atoms with E-state index in [0.29, 0.717) is 0 Å². The Morgan fingerprint density at radius 3 is 2.67 bits per heavy atom. The second-order valence-electron chi connectivity index (χ2n) is 4.46. The quantitative estimate of drug-likeness (QED) is 0.551. The molecule has 1 heteroatoms. The lowest BCUT2D eigenvalue weighted by Gasteiger charge is -2.15. The van der Waals surface area contributed by atoms with Crippen molar-refractivity contribution >= 4 is 6.08 Å². The van der Waals surface area contributed by atoms with E-state index in [9.17, 15) is 0 Å². The van der Waals surface area contributed by atoms with Gasteiger partial charge in [0.15, 0.2) is 0 Å². The van der Waals surface area contributed by atoms with Gasteiger partial charge in [0.2, 0.25) is 0 Å². The van der Waals surface area contributed by atoms with E-state index in [1.54, 1.807) is 0 Å². The van der Waals surface area contributed by atoms with Crippen molar-refractivity contribution in [1.82, 2.24) is 4.57 Å². The molecule has 1 nitrogen and oxygen atoms in total. The van der Waals surface area contributed by atoms with Crippen LogP contribution in [-0.2, 0) is 12.0 Å². The minimum Gasteiger partial charge on any atom is -0.344 e. The molecule has 0 fully saturated rings. The lowest BCUT2D eigenvalue weighted by Crippen LogP contribution is -2.09. The molecule has 1 aromatic rings. The Bertz CT molecular complexity index is 323. The molecular weight excluding hydrogens is 146 g/mol. The molecule has 1 aliphatic rings. The first kappa shape index (κ1) is 7.66. The van der Waals surface area contributed by atoms with Crippen molar-refractivity contribution in [3.8, 4) is 0 Å². The lowest BCUT2D eigenvalue weighted by atomic mass is 9.89. The third-order valence-electron chi connectivity index (χ3n) is 2.39. The van der Waals surface area contributed by atoms with Gasteiger partial charge in [-0.25, -0.2) is 0 Å². The summed E-state index contributed by atoms with van der Waals surface area (Å²) in [6.45, 7) is 7.80. The van der Waals surface area contributed by atoms with Crippen LogP contribution >= 0.6 is 0 Å². The van der Waals surface area contributed by atoms with Gasteiger partial charge in [-0.05, 0) is 23.1 Å². The van der Waals surface area contributed by atoms with Gasteiger partial charge in [0.1, 0.15) is 0 Å². The number of fused-ring (bicyclic) bond motifs is 1. The Labute approximate surface area is 73.7 Å². The lowest BCUT2D eigenvalue weighted by molar-refractivity contribution is 0.588. The maximum Gasteiger partial charge on any atom is 0.0410 e. The highest BCUT2D eigenvalue weighted by molar-refractivity contribution is 5.51. The van der Waals surface area contributed by atoms with Crippen molar-refractivity contribution in [3.63, 3.8) is 0 Å². The number of hydrogen-bond acceptors (Lipinski definition) is 0. The van der Waals surface area contributed by atoms with Gasteiger partial charge in [-0.3, -0.25) is 0 Å². The molecular formula is C11H15N. The first-order valence-electron chi connectivity index (χ1n) is 4.44. The van der Waals surface area contributed by atoms with E-state index < -0.39 is 0 Å². The van der Waals surface area contributed by atoms with Gasteiger partial charge in [-0.2, -0.15) is 0 Å². The predicted molar refractivity (Wildman–Crippen MR) is 52.2 cm³/mol. The van der Waals surface area contributed by atoms with E-state index in [0.717, 1.165) is 6.54 Å². The summed E-state index contributed by atoms with van der Waals surface area (Å²) in [5, 5.41) is 0. The molecule has 0 unspecified atom stereocenters. The van der Waals surface area contributed by atoms with Crippen LogP contribution in [0, 0.1) is 0 Å². The number of rotatable bonds is 0. The van der Waals surface area contributed by atoms with Crippen LogP contribution in [-0.4, -0.2) is 4.57 Å². The Kier molecular flexibility index (Phi) is 1.44. The molecule has 0 spiro atoms. The third-order valence-corrected chi connectivity index (χ3v) is 2.39. The molecule has 0 saturated heterocycles. The molecule has 64 valence electrons. The number of hydrogen-bond donors (Lipinski definition) is 0. The second kappa shape index (κ2) is 2.25. The standard InChI is InChI=1S/C11H15N/c1-11(2,3)9-7-10-5-4-6-12(10)8-9/h4-5,7-8H,6H2,1-3H3. The Balaban J connectivity index is 2.43. The number of nitrogens with zero attached hydrogens (tertiary/aromatic N) is 1. The van der Waals surface area contributed by atoms with Crippen molar-refractivity contribution in [2.75, 3.05) is 0 Å². The van der Waals surface area contributed by atoms with E-state index in [2.05, 4.69) is 49.8 Å². The van der Waals surface area contributed by atoms with E-state index in [-0.39, 0.29) is 5.41 Å². The second-order valence-corrected chi connectivity index (χ2v) is 4.46. The van der Waals surface area contributed by atoms with Crippen molar-refractivity contribution in [2.45, 2.75) is 32.7 Å². The molecule has 0 atom stereocenters. The largest absolute Gasteiger partial charge is 0.344 e. The van der Waals surface area contributed by atoms with Crippen LogP contribution in [0.2, 0.25) is 0 Å². The zero-order valence-corrected chi connectivity index (χ0v) is 7.96. The van der Waals surface area contributed by atoms with Crippen LogP contribution in [0.5, 0.6) is 0 Å². The Morgan fingerprint density at radius 2 is 2.08 bits per heavy atom. The fourth-order valence-electron chi connectivity index (χ4n) is 1.52. The van der Waals surface area contributed by atoms with Crippen LogP contribution in [0.4, 0.5) is 0 Å². The molecule has 0 saturated carbocycles. The van der Waals surface area contributed by atoms with E-state index in [4.69, 9.17) is 0 Å². The fraction of sp³-hybridized carbons (Fsp3) is 0.455. The summed E-state index contributed by atoms with van der Waals surface area (Å²) in [6.07, 6.45) is 6.65. The van der Waals surface area contributed by atoms with E-state index in [1.165, 1.54) is 11.3 Å². The Morgan fingerprint density at radius 1 is 1.33 bits per heavy atom. The molecule has 0 aromatic carbocycles. The number of aromatic nitrogens is 1. The molecule has 1 aromatic heterocycles. The van der Waals surface area contributed by atoms with Gasteiger partial charge >= 0.3 is 0 Å². The summed E-state index contributed by atoms with van der Waals surface area (Å²) < 4.78 is 2.29. The average molecular weight is 161 g/mol. The summed E-state index contributed by atoms with van der Waals surface area (Å²) in [5.41, 5.74) is 3.06. The molecule has 12 heavy (non-hydrogen) atoms. The summed E-state index contributed by atoms with van der Waals surface area (Å²) in [6, 6.07) is 2.28. The van der Waals surface area contributed by atoms with Gasteiger partial charge in [0.25, 0.3) is 0 Å². The highest BCUT2D eigenvalue weighted by atomic mass is 15.0. The van der Waals surface area contributed by atoms with E-state index >= 15 is 0 Å². The fourth-order valence-corrected chi connectivity index (χ4v) is 1.52. The van der Waals surface area contributed by atoms with Crippen molar-refractivity contribution in [1.29, 1.82) is 0 Å². The SMILES string of the molecule is CC(C)(C)c1cc2n(c1)CC=C2. The zero-order valence-electron chi connectivity index (χ0n) is 7.96. The maximum absolute atomic E-state index is 2.29. The molecule has 0 bridgehead atoms. The summed E-state index contributed by atoms with van der Waals surface area (Å²) in [5.74, 6) is 0. The zero-order chi connectivity index (χ0) is 8.77. The van der Waals surface area contributed by atoms with Crippen LogP contribution in [0.25, 0.3) is 6.08 Å². The number of allylic oxidation sites excluding steroid dienone is 1. The summed E-state index contributed by atoms with van der Waals surface area (Å²) >= 11 is 0. The maximum atomic E-state index is 2.29. The molecule has 0 aliphatic carbocycles. The third kappa shape index (κ3) is 1.09. The van der Waals surface area contributed by atoms with Crippen LogP contribution in [0.3, 0.4) is 0 Å². The highest BCUT2D eigenvalue weighted by Crippen LogP contribution is 2.26. The summed E-state index contributed by atoms with van der Waals surface area (Å²) in [7, 11) is 0. The minimum absolute atomic E-state index is 0.283. The van der Waals surface area contributed by atoms with Gasteiger partial charge in [0.05, 0.1) is 0 Å². The average Bonchev–Trinajstić information content (AvgIpc) is 2.37. The monoisotopic (exact) mass is 161 g/mol. The van der Waals surface area contributed by atoms with E-state index in [1.807, 2.05) is 0 Å². The molecule has 1 aliphatic heterocycles. The highest BCUT2D eigenvalue weighted by Gasteiger charge is 2.17. The molecule has 0 radical (unpaired) electrons. The molecule has 2 heterocycles. The predicted octanol–water partition coefficient (Wildman–Crippen LogP) is 2.81. The first-order valence-corrected chi connectivity index (χ1v) is 4.44. The van der Waals surface area contributed by atoms with Gasteiger partial charge in [-0.1, -0.05) is 26.8 Å². The smallest absolute Gasteiger partial charge is 0.0410 e. The first-order chi connectivity index (χ1) is 5.57. The van der Waals surface area contributed by atoms with Crippen molar-refractivity contribution < 1.29 is 0 Å². The molecule has 0 N–H and O–H groups in total. The topological polar surface area (TPSA) is 4.93 Å². The normalized spacial score (nSPS) is 15.2. The van der Waals surface area contributed by atoms with Gasteiger partial charge < -0.3 is 4.57 Å². The minimum atomic E-state index is 0.283. The molecule has 0 amide bonds. The molecule has 2 rings (SSSR count). The van der Waals surface area contributed by atoms with Crippen LogP contribution < -0.4 is 0 Å².